The third-order valence-electron chi connectivity index (χ3n) is 4.01. The van der Waals surface area contributed by atoms with E-state index in [4.69, 9.17) is 5.84 Å². The minimum absolute atomic E-state index is 0.0237. The van der Waals surface area contributed by atoms with Crippen LogP contribution >= 0.6 is 0 Å². The molecule has 0 aromatic heterocycles. The highest BCUT2D eigenvalue weighted by molar-refractivity contribution is 7.89. The zero-order chi connectivity index (χ0) is 16.6. The van der Waals surface area contributed by atoms with Gasteiger partial charge in [0.25, 0.3) is 5.91 Å². The van der Waals surface area contributed by atoms with Crippen LogP contribution in [0.2, 0.25) is 0 Å². The fourth-order valence-corrected chi connectivity index (χ4v) is 4.52. The van der Waals surface area contributed by atoms with Crippen molar-refractivity contribution in [3.8, 4) is 0 Å². The fourth-order valence-electron chi connectivity index (χ4n) is 2.85. The second kappa shape index (κ2) is 5.89. The number of carbonyl (C=O) groups excluding carboxylic acids is 1. The molecule has 0 aliphatic carbocycles. The Morgan fingerprint density at radius 2 is 1.91 bits per heavy atom. The maximum absolute atomic E-state index is 12.8. The van der Waals surface area contributed by atoms with Gasteiger partial charge in [0.05, 0.1) is 11.0 Å². The number of nitrogens with two attached hydrogens (primary N) is 1. The van der Waals surface area contributed by atoms with Crippen LogP contribution in [-0.2, 0) is 14.8 Å². The minimum Gasteiger partial charge on any atom is -0.392 e. The molecule has 1 fully saturated rings. The molecular weight excluding hydrogens is 318 g/mol. The summed E-state index contributed by atoms with van der Waals surface area (Å²) in [4.78, 5) is 11.9. The molecule has 2 aromatic rings. The van der Waals surface area contributed by atoms with Crippen molar-refractivity contribution in [2.45, 2.75) is 23.5 Å². The Hall–Kier alpha value is -2.00. The van der Waals surface area contributed by atoms with Crippen LogP contribution in [0.1, 0.15) is 6.42 Å². The average molecular weight is 335 g/mol. The van der Waals surface area contributed by atoms with Crippen molar-refractivity contribution in [1.29, 1.82) is 0 Å². The van der Waals surface area contributed by atoms with E-state index in [2.05, 4.69) is 0 Å². The number of benzene rings is 2. The number of rotatable bonds is 3. The maximum atomic E-state index is 12.8. The lowest BCUT2D eigenvalue weighted by molar-refractivity contribution is -0.124. The number of β-amino-alcohol motifs (C(OH)–C–C–N with tert-alkyl or cyclic N) is 1. The maximum Gasteiger partial charge on any atom is 0.252 e. The molecule has 0 bridgehead atoms. The summed E-state index contributed by atoms with van der Waals surface area (Å²) < 4.78 is 26.7. The first kappa shape index (κ1) is 15.9. The lowest BCUT2D eigenvalue weighted by atomic mass is 10.1. The Morgan fingerprint density at radius 3 is 2.61 bits per heavy atom. The van der Waals surface area contributed by atoms with Crippen LogP contribution in [0.25, 0.3) is 10.8 Å². The lowest BCUT2D eigenvalue weighted by Crippen LogP contribution is -2.47. The average Bonchev–Trinajstić information content (AvgIpc) is 2.96. The van der Waals surface area contributed by atoms with E-state index >= 15 is 0 Å². The smallest absolute Gasteiger partial charge is 0.252 e. The van der Waals surface area contributed by atoms with Gasteiger partial charge in [-0.05, 0) is 22.9 Å². The third-order valence-corrected chi connectivity index (χ3v) is 5.88. The molecule has 122 valence electrons. The van der Waals surface area contributed by atoms with Gasteiger partial charge < -0.3 is 5.11 Å². The Kier molecular flexibility index (Phi) is 4.07. The van der Waals surface area contributed by atoms with Crippen molar-refractivity contribution in [3.05, 3.63) is 42.5 Å². The summed E-state index contributed by atoms with van der Waals surface area (Å²) in [5, 5.41) is 11.5. The molecule has 0 unspecified atom stereocenters. The number of sulfonamides is 1. The van der Waals surface area contributed by atoms with Gasteiger partial charge in [-0.15, -0.1) is 0 Å². The molecular formula is C15H17N3O4S. The molecule has 4 N–H and O–H groups in total. The molecule has 8 heteroatoms. The summed E-state index contributed by atoms with van der Waals surface area (Å²) in [6.45, 7) is -0.132. The van der Waals surface area contributed by atoms with Crippen LogP contribution in [0, 0.1) is 0 Å². The van der Waals surface area contributed by atoms with Crippen molar-refractivity contribution < 1.29 is 18.3 Å². The summed E-state index contributed by atoms with van der Waals surface area (Å²) in [5.74, 6) is 4.48. The van der Waals surface area contributed by atoms with Crippen LogP contribution in [0.15, 0.2) is 47.4 Å². The SMILES string of the molecule is NNC(=O)[C@H]1C[C@H](O)CN1S(=O)(=O)c1ccc2ccccc2c1. The number of hydrogen-bond donors (Lipinski definition) is 3. The number of nitrogens with one attached hydrogen (secondary N) is 1. The Balaban J connectivity index is 2.03. The van der Waals surface area contributed by atoms with Crippen LogP contribution in [0.4, 0.5) is 0 Å². The van der Waals surface area contributed by atoms with Crippen LogP contribution in [0.5, 0.6) is 0 Å². The predicted molar refractivity (Wildman–Crippen MR) is 84.6 cm³/mol. The molecule has 2 atom stereocenters. The van der Waals surface area contributed by atoms with E-state index in [1.165, 1.54) is 6.07 Å². The van der Waals surface area contributed by atoms with E-state index in [0.717, 1.165) is 15.1 Å². The first-order chi connectivity index (χ1) is 10.9. The summed E-state index contributed by atoms with van der Waals surface area (Å²) in [6.07, 6.45) is -0.872. The fraction of sp³-hybridized carbons (Fsp3) is 0.267. The molecule has 2 aromatic carbocycles. The first-order valence-electron chi connectivity index (χ1n) is 7.12. The Morgan fingerprint density at radius 1 is 1.22 bits per heavy atom. The summed E-state index contributed by atoms with van der Waals surface area (Å²) in [7, 11) is -3.91. The highest BCUT2D eigenvalue weighted by Crippen LogP contribution is 2.28. The van der Waals surface area contributed by atoms with Crippen molar-refractivity contribution >= 4 is 26.7 Å². The number of hydrazine groups is 1. The largest absolute Gasteiger partial charge is 0.392 e. The van der Waals surface area contributed by atoms with Gasteiger partial charge >= 0.3 is 0 Å². The molecule has 1 heterocycles. The molecule has 1 aliphatic rings. The number of carbonyl (C=O) groups is 1. The van der Waals surface area contributed by atoms with Gasteiger partial charge in [-0.25, -0.2) is 14.3 Å². The predicted octanol–water partition coefficient (Wildman–Crippen LogP) is -0.0464. The summed E-state index contributed by atoms with van der Waals surface area (Å²) in [6, 6.07) is 11.2. The number of aliphatic hydroxyl groups is 1. The molecule has 1 aliphatic heterocycles. The van der Waals surface area contributed by atoms with E-state index in [0.29, 0.717) is 0 Å². The molecule has 23 heavy (non-hydrogen) atoms. The van der Waals surface area contributed by atoms with Crippen LogP contribution in [-0.4, -0.2) is 42.4 Å². The van der Waals surface area contributed by atoms with Gasteiger partial charge in [-0.3, -0.25) is 10.2 Å². The van der Waals surface area contributed by atoms with Crippen molar-refractivity contribution in [2.75, 3.05) is 6.54 Å². The normalized spacial score (nSPS) is 22.3. The number of hydrogen-bond acceptors (Lipinski definition) is 5. The van der Waals surface area contributed by atoms with E-state index in [1.807, 2.05) is 29.7 Å². The van der Waals surface area contributed by atoms with Crippen molar-refractivity contribution in [2.24, 2.45) is 5.84 Å². The molecule has 1 amide bonds. The zero-order valence-electron chi connectivity index (χ0n) is 12.2. The highest BCUT2D eigenvalue weighted by atomic mass is 32.2. The number of fused-ring (bicyclic) bond motifs is 1. The Bertz CT molecular complexity index is 853. The summed E-state index contributed by atoms with van der Waals surface area (Å²) >= 11 is 0. The van der Waals surface area contributed by atoms with Crippen LogP contribution in [0.3, 0.4) is 0 Å². The molecule has 0 saturated carbocycles. The van der Waals surface area contributed by atoms with Gasteiger partial charge in [-0.2, -0.15) is 4.31 Å². The number of aliphatic hydroxyl groups excluding tert-OH is 1. The molecule has 1 saturated heterocycles. The van der Waals surface area contributed by atoms with E-state index in [1.54, 1.807) is 12.1 Å². The molecule has 0 radical (unpaired) electrons. The quantitative estimate of drug-likeness (QED) is 0.414. The monoisotopic (exact) mass is 335 g/mol. The highest BCUT2D eigenvalue weighted by Gasteiger charge is 2.43. The van der Waals surface area contributed by atoms with Gasteiger partial charge in [0.15, 0.2) is 0 Å². The molecule has 0 spiro atoms. The number of nitrogens with zero attached hydrogens (tertiary/aromatic N) is 1. The Labute approximate surface area is 133 Å². The second-order valence-electron chi connectivity index (χ2n) is 5.50. The first-order valence-corrected chi connectivity index (χ1v) is 8.56. The van der Waals surface area contributed by atoms with Gasteiger partial charge in [0, 0.05) is 13.0 Å². The standard InChI is InChI=1S/C15H17N3O4S/c16-17-15(20)14-8-12(19)9-18(14)23(21,22)13-6-5-10-3-1-2-4-11(10)7-13/h1-7,12,14,19H,8-9,16H2,(H,17,20)/t12-,14+/m0/s1. The molecule has 7 nitrogen and oxygen atoms in total. The van der Waals surface area contributed by atoms with E-state index in [9.17, 15) is 18.3 Å². The van der Waals surface area contributed by atoms with E-state index < -0.39 is 28.1 Å². The zero-order valence-corrected chi connectivity index (χ0v) is 13.0. The second-order valence-corrected chi connectivity index (χ2v) is 7.39. The minimum atomic E-state index is -3.91. The number of amides is 1. The van der Waals surface area contributed by atoms with Gasteiger partial charge in [0.1, 0.15) is 6.04 Å². The lowest BCUT2D eigenvalue weighted by Gasteiger charge is -2.22. The van der Waals surface area contributed by atoms with Gasteiger partial charge in [0.2, 0.25) is 10.0 Å². The van der Waals surface area contributed by atoms with Crippen molar-refractivity contribution in [1.82, 2.24) is 9.73 Å². The summed E-state index contributed by atoms with van der Waals surface area (Å²) in [5.41, 5.74) is 1.95. The van der Waals surface area contributed by atoms with E-state index in [-0.39, 0.29) is 17.9 Å². The van der Waals surface area contributed by atoms with Crippen LogP contribution < -0.4 is 11.3 Å². The topological polar surface area (TPSA) is 113 Å². The molecule has 3 rings (SSSR count). The van der Waals surface area contributed by atoms with Gasteiger partial charge in [-0.1, -0.05) is 30.3 Å². The van der Waals surface area contributed by atoms with Crippen molar-refractivity contribution in [3.63, 3.8) is 0 Å². The third kappa shape index (κ3) is 2.81.